The number of nitrogens with one attached hydrogen (secondary N) is 1. The monoisotopic (exact) mass is 573 g/mol. The number of carbonyl (C=O) groups excluding carboxylic acids is 3. The van der Waals surface area contributed by atoms with Crippen LogP contribution in [-0.4, -0.2) is 69.5 Å². The summed E-state index contributed by atoms with van der Waals surface area (Å²) in [5.41, 5.74) is 1.98. The van der Waals surface area contributed by atoms with Crippen molar-refractivity contribution >= 4 is 50.4 Å². The first-order chi connectivity index (χ1) is 17.3. The highest BCUT2D eigenvalue weighted by Crippen LogP contribution is 2.32. The summed E-state index contributed by atoms with van der Waals surface area (Å²) < 4.78 is 6.15. The molecular weight excluding hydrogens is 546 g/mol. The second-order valence-corrected chi connectivity index (χ2v) is 10.5. The molecule has 2 amide bonds. The molecule has 0 aliphatic carbocycles. The Labute approximate surface area is 222 Å². The number of allylic oxidation sites excluding steroid dienone is 2. The molecule has 2 aliphatic heterocycles. The topological polar surface area (TPSA) is 105 Å². The number of thioether (sulfide) groups is 1. The van der Waals surface area contributed by atoms with E-state index in [1.165, 1.54) is 0 Å². The molecular formula is C25H28BrN5O4S. The lowest BCUT2D eigenvalue weighted by Gasteiger charge is -2.27. The largest absolute Gasteiger partial charge is 0.378 e. The summed E-state index contributed by atoms with van der Waals surface area (Å²) in [5, 5.41) is 2.94. The number of benzene rings is 1. The van der Waals surface area contributed by atoms with E-state index in [4.69, 9.17) is 4.74 Å². The number of aryl methyl sites for hydroxylation is 1. The van der Waals surface area contributed by atoms with E-state index in [0.29, 0.717) is 60.5 Å². The van der Waals surface area contributed by atoms with E-state index in [1.807, 2.05) is 13.0 Å². The number of halogens is 1. The van der Waals surface area contributed by atoms with Crippen molar-refractivity contribution in [3.8, 4) is 0 Å². The Balaban J connectivity index is 1.61. The summed E-state index contributed by atoms with van der Waals surface area (Å²) in [4.78, 5) is 51.9. The standard InChI is InChI=1S/C25H28BrN5O4S/c1-16(31-15-19-13-27-17(2)29-24(19)28-14-23(31)33)21(6-7-22(32)30-8-10-35-11-9-30)36-25(34)18-4-3-5-20(26)12-18/h3-5,12-13H,6-11,14-15H2,1-2H3,(H,27,28,29)/b21-16-. The van der Waals surface area contributed by atoms with Crippen LogP contribution in [0.15, 0.2) is 45.5 Å². The minimum atomic E-state index is -0.149. The van der Waals surface area contributed by atoms with Gasteiger partial charge in [-0.15, -0.1) is 0 Å². The fourth-order valence-electron chi connectivity index (χ4n) is 4.02. The Hall–Kier alpha value is -2.76. The van der Waals surface area contributed by atoms with Gasteiger partial charge >= 0.3 is 0 Å². The predicted octanol–water partition coefficient (Wildman–Crippen LogP) is 3.75. The zero-order valence-corrected chi connectivity index (χ0v) is 22.7. The molecule has 1 fully saturated rings. The highest BCUT2D eigenvalue weighted by atomic mass is 79.9. The highest BCUT2D eigenvalue weighted by Gasteiger charge is 2.26. The van der Waals surface area contributed by atoms with Gasteiger partial charge in [-0.25, -0.2) is 9.97 Å². The number of hydrogen-bond acceptors (Lipinski definition) is 8. The summed E-state index contributed by atoms with van der Waals surface area (Å²) in [7, 11) is 0. The number of fused-ring (bicyclic) bond motifs is 1. The molecule has 1 N–H and O–H groups in total. The van der Waals surface area contributed by atoms with Crippen LogP contribution in [0.5, 0.6) is 0 Å². The molecule has 0 radical (unpaired) electrons. The van der Waals surface area contributed by atoms with Crippen molar-refractivity contribution in [3.05, 3.63) is 62.5 Å². The third-order valence-electron chi connectivity index (χ3n) is 6.04. The van der Waals surface area contributed by atoms with E-state index >= 15 is 0 Å². The lowest BCUT2D eigenvalue weighted by Crippen LogP contribution is -2.40. The Kier molecular flexibility index (Phi) is 8.76. The van der Waals surface area contributed by atoms with Crippen LogP contribution in [0.2, 0.25) is 0 Å². The van der Waals surface area contributed by atoms with Gasteiger partial charge in [0.1, 0.15) is 11.6 Å². The SMILES string of the molecule is C/C(=C(\CCC(=O)N1CCOCC1)SC(=O)c1cccc(Br)c1)N1Cc2cnc(C)nc2NCC1=O. The number of amides is 2. The number of aromatic nitrogens is 2. The first kappa shape index (κ1) is 26.3. The van der Waals surface area contributed by atoms with Crippen molar-refractivity contribution in [1.82, 2.24) is 19.8 Å². The van der Waals surface area contributed by atoms with Crippen LogP contribution in [0.4, 0.5) is 5.82 Å². The molecule has 1 aromatic heterocycles. The number of nitrogens with zero attached hydrogens (tertiary/aromatic N) is 4. The molecule has 36 heavy (non-hydrogen) atoms. The summed E-state index contributed by atoms with van der Waals surface area (Å²) >= 11 is 4.48. The predicted molar refractivity (Wildman–Crippen MR) is 141 cm³/mol. The van der Waals surface area contributed by atoms with Gasteiger partial charge in [0.25, 0.3) is 0 Å². The van der Waals surface area contributed by atoms with E-state index in [9.17, 15) is 14.4 Å². The van der Waals surface area contributed by atoms with Crippen LogP contribution in [0, 0.1) is 6.92 Å². The van der Waals surface area contributed by atoms with Gasteiger partial charge in [-0.05, 0) is 44.2 Å². The molecule has 0 spiro atoms. The molecule has 0 saturated carbocycles. The van der Waals surface area contributed by atoms with Gasteiger partial charge < -0.3 is 19.9 Å². The molecule has 9 nitrogen and oxygen atoms in total. The van der Waals surface area contributed by atoms with Gasteiger partial charge in [0.15, 0.2) is 0 Å². The summed E-state index contributed by atoms with van der Waals surface area (Å²) in [6, 6.07) is 7.18. The molecule has 1 aromatic carbocycles. The summed E-state index contributed by atoms with van der Waals surface area (Å²) in [6.07, 6.45) is 2.30. The van der Waals surface area contributed by atoms with Gasteiger partial charge in [0, 0.05) is 51.9 Å². The van der Waals surface area contributed by atoms with Crippen molar-refractivity contribution in [2.75, 3.05) is 38.2 Å². The number of anilines is 1. The lowest BCUT2D eigenvalue weighted by atomic mass is 10.2. The average Bonchev–Trinajstić information content (AvgIpc) is 3.04. The molecule has 0 unspecified atom stereocenters. The number of morpholine rings is 1. The third-order valence-corrected chi connectivity index (χ3v) is 7.70. The fourth-order valence-corrected chi connectivity index (χ4v) is 5.35. The zero-order chi connectivity index (χ0) is 25.7. The van der Waals surface area contributed by atoms with Gasteiger partial charge in [-0.1, -0.05) is 28.1 Å². The van der Waals surface area contributed by atoms with Gasteiger partial charge in [0.2, 0.25) is 16.9 Å². The van der Waals surface area contributed by atoms with Crippen molar-refractivity contribution < 1.29 is 19.1 Å². The Morgan fingerprint density at radius 3 is 2.75 bits per heavy atom. The van der Waals surface area contributed by atoms with E-state index in [0.717, 1.165) is 21.8 Å². The molecule has 0 bridgehead atoms. The van der Waals surface area contributed by atoms with Crippen molar-refractivity contribution in [2.45, 2.75) is 33.2 Å². The van der Waals surface area contributed by atoms with Crippen LogP contribution in [0.25, 0.3) is 0 Å². The van der Waals surface area contributed by atoms with Crippen LogP contribution >= 0.6 is 27.7 Å². The van der Waals surface area contributed by atoms with Crippen molar-refractivity contribution in [2.24, 2.45) is 0 Å². The van der Waals surface area contributed by atoms with E-state index in [2.05, 4.69) is 31.2 Å². The first-order valence-corrected chi connectivity index (χ1v) is 13.3. The number of ether oxygens (including phenoxy) is 1. The van der Waals surface area contributed by atoms with Gasteiger partial charge in [-0.2, -0.15) is 0 Å². The lowest BCUT2D eigenvalue weighted by molar-refractivity contribution is -0.135. The van der Waals surface area contributed by atoms with Crippen LogP contribution in [0.1, 0.15) is 41.5 Å². The third kappa shape index (κ3) is 6.51. The molecule has 2 aliphatic rings. The van der Waals surface area contributed by atoms with Crippen molar-refractivity contribution in [3.63, 3.8) is 0 Å². The van der Waals surface area contributed by atoms with Gasteiger partial charge in [0.05, 0.1) is 26.3 Å². The maximum absolute atomic E-state index is 13.2. The molecule has 190 valence electrons. The summed E-state index contributed by atoms with van der Waals surface area (Å²) in [5.74, 6) is 1.12. The quantitative estimate of drug-likeness (QED) is 0.557. The molecule has 4 rings (SSSR count). The maximum atomic E-state index is 13.2. The highest BCUT2D eigenvalue weighted by molar-refractivity contribution is 9.10. The first-order valence-electron chi connectivity index (χ1n) is 11.7. The smallest absolute Gasteiger partial charge is 0.246 e. The van der Waals surface area contributed by atoms with E-state index in [1.54, 1.807) is 41.1 Å². The number of rotatable bonds is 6. The van der Waals surface area contributed by atoms with Crippen LogP contribution in [0.3, 0.4) is 0 Å². The maximum Gasteiger partial charge on any atom is 0.246 e. The minimum Gasteiger partial charge on any atom is -0.378 e. The molecule has 2 aromatic rings. The van der Waals surface area contributed by atoms with E-state index in [-0.39, 0.29) is 36.4 Å². The molecule has 3 heterocycles. The molecule has 11 heteroatoms. The molecule has 1 saturated heterocycles. The second-order valence-electron chi connectivity index (χ2n) is 8.53. The van der Waals surface area contributed by atoms with Crippen molar-refractivity contribution in [1.29, 1.82) is 0 Å². The zero-order valence-electron chi connectivity index (χ0n) is 20.3. The number of carbonyl (C=O) groups is 3. The Morgan fingerprint density at radius 1 is 1.22 bits per heavy atom. The minimum absolute atomic E-state index is 0.0113. The molecule has 0 atom stereocenters. The average molecular weight is 575 g/mol. The van der Waals surface area contributed by atoms with E-state index < -0.39 is 0 Å². The fraction of sp³-hybridized carbons (Fsp3) is 0.400. The normalized spacial score (nSPS) is 16.6. The Bertz CT molecular complexity index is 1200. The Morgan fingerprint density at radius 2 is 2.00 bits per heavy atom. The summed E-state index contributed by atoms with van der Waals surface area (Å²) in [6.45, 7) is 6.16. The van der Waals surface area contributed by atoms with Gasteiger partial charge in [-0.3, -0.25) is 14.4 Å². The van der Waals surface area contributed by atoms with Crippen LogP contribution < -0.4 is 5.32 Å². The number of hydrogen-bond donors (Lipinski definition) is 1. The second kappa shape index (κ2) is 12.0. The van der Waals surface area contributed by atoms with Crippen LogP contribution in [-0.2, 0) is 20.9 Å².